The molecule has 0 saturated carbocycles. The van der Waals surface area contributed by atoms with E-state index in [0.717, 1.165) is 18.9 Å². The van der Waals surface area contributed by atoms with Crippen LogP contribution >= 0.6 is 11.6 Å². The Labute approximate surface area is 173 Å². The number of ether oxygens (including phenoxy) is 1. The van der Waals surface area contributed by atoms with Gasteiger partial charge in [0.15, 0.2) is 0 Å². The van der Waals surface area contributed by atoms with Crippen molar-refractivity contribution in [3.63, 3.8) is 0 Å². The van der Waals surface area contributed by atoms with Gasteiger partial charge in [0.1, 0.15) is 24.1 Å². The third kappa shape index (κ3) is 5.25. The van der Waals surface area contributed by atoms with Gasteiger partial charge < -0.3 is 25.2 Å². The molecule has 0 aliphatic carbocycles. The molecule has 4 atom stereocenters. The van der Waals surface area contributed by atoms with E-state index in [1.54, 1.807) is 4.90 Å². The third-order valence-electron chi connectivity index (χ3n) is 5.62. The smallest absolute Gasteiger partial charge is 0.251 e. The quantitative estimate of drug-likeness (QED) is 0.657. The minimum absolute atomic E-state index is 0.0232. The zero-order valence-corrected chi connectivity index (χ0v) is 16.9. The number of likely N-dealkylation sites (tertiary alicyclic amines) is 1. The molecule has 7 nitrogen and oxygen atoms in total. The first-order valence-corrected chi connectivity index (χ1v) is 10.2. The average molecular weight is 429 g/mol. The topological polar surface area (TPSA) is 99.1 Å². The molecule has 2 aliphatic rings. The Bertz CT molecular complexity index is 756. The lowest BCUT2D eigenvalue weighted by Crippen LogP contribution is -2.41. The van der Waals surface area contributed by atoms with Crippen molar-refractivity contribution < 1.29 is 28.9 Å². The van der Waals surface area contributed by atoms with Crippen molar-refractivity contribution in [2.45, 2.75) is 50.6 Å². The molecule has 3 rings (SSSR count). The Kier molecular flexibility index (Phi) is 7.10. The number of nitrogens with zero attached hydrogens (tertiary/aromatic N) is 1. The Morgan fingerprint density at radius 1 is 1.24 bits per heavy atom. The summed E-state index contributed by atoms with van der Waals surface area (Å²) in [5, 5.41) is 22.9. The van der Waals surface area contributed by atoms with E-state index in [1.807, 2.05) is 0 Å². The Morgan fingerprint density at radius 3 is 2.55 bits per heavy atom. The summed E-state index contributed by atoms with van der Waals surface area (Å²) in [6, 6.07) is 3.58. The molecule has 2 amide bonds. The van der Waals surface area contributed by atoms with Gasteiger partial charge in [-0.05, 0) is 37.0 Å². The molecule has 1 aromatic rings. The van der Waals surface area contributed by atoms with Crippen molar-refractivity contribution in [3.05, 3.63) is 34.6 Å². The van der Waals surface area contributed by atoms with Gasteiger partial charge in [0.2, 0.25) is 5.91 Å². The summed E-state index contributed by atoms with van der Waals surface area (Å²) in [6.07, 6.45) is -2.27. The van der Waals surface area contributed by atoms with E-state index in [1.165, 1.54) is 12.1 Å². The molecule has 0 spiro atoms. The molecule has 2 fully saturated rings. The summed E-state index contributed by atoms with van der Waals surface area (Å²) in [6.45, 7) is 3.45. The summed E-state index contributed by atoms with van der Waals surface area (Å²) >= 11 is 5.68. The highest BCUT2D eigenvalue weighted by molar-refractivity contribution is 6.31. The van der Waals surface area contributed by atoms with E-state index in [9.17, 15) is 24.2 Å². The molecule has 0 radical (unpaired) electrons. The highest BCUT2D eigenvalue weighted by atomic mass is 35.5. The van der Waals surface area contributed by atoms with Crippen molar-refractivity contribution in [1.29, 1.82) is 0 Å². The van der Waals surface area contributed by atoms with E-state index >= 15 is 0 Å². The number of rotatable bonds is 5. The van der Waals surface area contributed by atoms with Crippen LogP contribution in [0.3, 0.4) is 0 Å². The summed E-state index contributed by atoms with van der Waals surface area (Å²) in [7, 11) is 0. The summed E-state index contributed by atoms with van der Waals surface area (Å²) in [4.78, 5) is 26.4. The lowest BCUT2D eigenvalue weighted by Gasteiger charge is -2.31. The number of hydrogen-bond donors (Lipinski definition) is 3. The van der Waals surface area contributed by atoms with Gasteiger partial charge in [-0.1, -0.05) is 18.5 Å². The highest BCUT2D eigenvalue weighted by Gasteiger charge is 2.44. The van der Waals surface area contributed by atoms with Crippen LogP contribution in [-0.4, -0.2) is 71.0 Å². The fraction of sp³-hybridized carbons (Fsp3) is 0.600. The number of aliphatic hydroxyl groups excluding tert-OH is 2. The fourth-order valence-electron chi connectivity index (χ4n) is 3.65. The average Bonchev–Trinajstić information content (AvgIpc) is 2.96. The van der Waals surface area contributed by atoms with Crippen molar-refractivity contribution in [3.8, 4) is 0 Å². The molecule has 3 N–H and O–H groups in total. The standard InChI is InChI=1S/C20H26ClFN2O5/c1-11-4-6-24(7-5-11)17(25)9-15-18(26)19(27)16(29-15)10-23-20(28)12-2-3-14(22)13(21)8-12/h2-3,8,11,15-16,18-19,26-27H,4-7,9-10H2,1H3,(H,23,28)/t15-,16+,18-,19+/m0/s1. The largest absolute Gasteiger partial charge is 0.388 e. The van der Waals surface area contributed by atoms with Crippen LogP contribution in [0.2, 0.25) is 5.02 Å². The predicted octanol–water partition coefficient (Wildman–Crippen LogP) is 1.35. The molecule has 0 bridgehead atoms. The van der Waals surface area contributed by atoms with Crippen LogP contribution in [0.25, 0.3) is 0 Å². The van der Waals surface area contributed by atoms with Gasteiger partial charge in [-0.3, -0.25) is 9.59 Å². The first kappa shape index (κ1) is 22.0. The molecular weight excluding hydrogens is 403 g/mol. The normalized spacial score (nSPS) is 27.8. The number of halogens is 2. The molecule has 2 saturated heterocycles. The second kappa shape index (κ2) is 9.38. The number of hydrogen-bond acceptors (Lipinski definition) is 5. The van der Waals surface area contributed by atoms with Crippen LogP contribution in [0, 0.1) is 11.7 Å². The molecule has 2 heterocycles. The lowest BCUT2D eigenvalue weighted by atomic mass is 9.98. The zero-order chi connectivity index (χ0) is 21.1. The van der Waals surface area contributed by atoms with Crippen LogP contribution in [-0.2, 0) is 9.53 Å². The van der Waals surface area contributed by atoms with Gasteiger partial charge in [-0.2, -0.15) is 0 Å². The number of carbonyl (C=O) groups is 2. The van der Waals surface area contributed by atoms with Crippen molar-refractivity contribution in [2.75, 3.05) is 19.6 Å². The van der Waals surface area contributed by atoms with Crippen LogP contribution in [0.5, 0.6) is 0 Å². The van der Waals surface area contributed by atoms with Gasteiger partial charge in [0.05, 0.1) is 17.5 Å². The van der Waals surface area contributed by atoms with Gasteiger partial charge in [-0.25, -0.2) is 4.39 Å². The minimum atomic E-state index is -1.23. The van der Waals surface area contributed by atoms with Gasteiger partial charge in [0.25, 0.3) is 5.91 Å². The Balaban J connectivity index is 1.51. The predicted molar refractivity (Wildman–Crippen MR) is 104 cm³/mol. The first-order chi connectivity index (χ1) is 13.8. The minimum Gasteiger partial charge on any atom is -0.388 e. The summed E-state index contributed by atoms with van der Waals surface area (Å²) in [5.41, 5.74) is 0.162. The molecule has 1 aromatic carbocycles. The Hall–Kier alpha value is -1.74. The van der Waals surface area contributed by atoms with Crippen molar-refractivity contribution in [2.24, 2.45) is 5.92 Å². The number of aliphatic hydroxyl groups is 2. The molecule has 2 aliphatic heterocycles. The summed E-state index contributed by atoms with van der Waals surface area (Å²) in [5.74, 6) is -0.660. The fourth-order valence-corrected chi connectivity index (χ4v) is 3.84. The van der Waals surface area contributed by atoms with Crippen molar-refractivity contribution in [1.82, 2.24) is 10.2 Å². The second-order valence-corrected chi connectivity index (χ2v) is 8.21. The molecule has 0 unspecified atom stereocenters. The van der Waals surface area contributed by atoms with E-state index in [0.29, 0.717) is 19.0 Å². The monoisotopic (exact) mass is 428 g/mol. The van der Waals surface area contributed by atoms with E-state index in [2.05, 4.69) is 12.2 Å². The zero-order valence-electron chi connectivity index (χ0n) is 16.2. The molecule has 0 aromatic heterocycles. The number of carbonyl (C=O) groups excluding carboxylic acids is 2. The van der Waals surface area contributed by atoms with E-state index in [4.69, 9.17) is 16.3 Å². The van der Waals surface area contributed by atoms with Gasteiger partial charge in [-0.15, -0.1) is 0 Å². The second-order valence-electron chi connectivity index (χ2n) is 7.80. The SMILES string of the molecule is CC1CCN(C(=O)C[C@@H]2O[C@H](CNC(=O)c3ccc(F)c(Cl)c3)[C@@H](O)[C@H]2O)CC1. The third-order valence-corrected chi connectivity index (χ3v) is 5.91. The van der Waals surface area contributed by atoms with Crippen molar-refractivity contribution >= 4 is 23.4 Å². The molecular formula is C20H26ClFN2O5. The van der Waals surface area contributed by atoms with Crippen LogP contribution in [0.4, 0.5) is 4.39 Å². The summed E-state index contributed by atoms with van der Waals surface area (Å²) < 4.78 is 18.9. The number of amides is 2. The number of nitrogens with one attached hydrogen (secondary N) is 1. The van der Waals surface area contributed by atoms with E-state index < -0.39 is 36.1 Å². The first-order valence-electron chi connectivity index (χ1n) is 9.79. The molecule has 9 heteroatoms. The maximum atomic E-state index is 13.2. The van der Waals surface area contributed by atoms with E-state index in [-0.39, 0.29) is 29.5 Å². The highest BCUT2D eigenvalue weighted by Crippen LogP contribution is 2.25. The van der Waals surface area contributed by atoms with Crippen LogP contribution in [0.1, 0.15) is 36.5 Å². The van der Waals surface area contributed by atoms with Gasteiger partial charge in [0, 0.05) is 25.2 Å². The maximum Gasteiger partial charge on any atom is 0.251 e. The number of benzene rings is 1. The molecule has 29 heavy (non-hydrogen) atoms. The van der Waals surface area contributed by atoms with Crippen LogP contribution < -0.4 is 5.32 Å². The lowest BCUT2D eigenvalue weighted by molar-refractivity contribution is -0.136. The van der Waals surface area contributed by atoms with Gasteiger partial charge >= 0.3 is 0 Å². The Morgan fingerprint density at radius 2 is 1.90 bits per heavy atom. The number of piperidine rings is 1. The molecule has 160 valence electrons. The van der Waals surface area contributed by atoms with Crippen LogP contribution in [0.15, 0.2) is 18.2 Å². The maximum absolute atomic E-state index is 13.2.